The van der Waals surface area contributed by atoms with Crippen LogP contribution in [0.25, 0.3) is 10.9 Å². The van der Waals surface area contributed by atoms with Gasteiger partial charge in [-0.05, 0) is 50.0 Å². The highest BCUT2D eigenvalue weighted by atomic mass is 15.3. The highest BCUT2D eigenvalue weighted by Crippen LogP contribution is 2.37. The third-order valence-corrected chi connectivity index (χ3v) is 5.03. The summed E-state index contributed by atoms with van der Waals surface area (Å²) in [5, 5.41) is 5.97. The van der Waals surface area contributed by atoms with E-state index in [4.69, 9.17) is 5.10 Å². The monoisotopic (exact) mass is 270 g/mol. The van der Waals surface area contributed by atoms with Gasteiger partial charge in [-0.1, -0.05) is 0 Å². The van der Waals surface area contributed by atoms with Crippen LogP contribution in [0, 0.1) is 5.92 Å². The number of benzene rings is 1. The molecule has 4 heteroatoms. The third kappa shape index (κ3) is 1.82. The van der Waals surface area contributed by atoms with Gasteiger partial charge in [0.1, 0.15) is 0 Å². The predicted molar refractivity (Wildman–Crippen MR) is 82.3 cm³/mol. The summed E-state index contributed by atoms with van der Waals surface area (Å²) in [5.74, 6) is 0.816. The average Bonchev–Trinajstić information content (AvgIpc) is 2.91. The molecule has 20 heavy (non-hydrogen) atoms. The van der Waals surface area contributed by atoms with Gasteiger partial charge in [-0.25, -0.2) is 0 Å². The molecular formula is C16H22N4. The van der Waals surface area contributed by atoms with Crippen LogP contribution in [0.15, 0.2) is 24.4 Å². The number of hydrogen-bond donors (Lipinski definition) is 0. The van der Waals surface area contributed by atoms with Gasteiger partial charge < -0.3 is 9.80 Å². The average molecular weight is 270 g/mol. The molecule has 0 N–H and O–H groups in total. The van der Waals surface area contributed by atoms with E-state index >= 15 is 0 Å². The Bertz CT molecular complexity index is 622. The van der Waals surface area contributed by atoms with Crippen LogP contribution in [0.5, 0.6) is 0 Å². The van der Waals surface area contributed by atoms with Crippen LogP contribution < -0.4 is 4.90 Å². The van der Waals surface area contributed by atoms with Gasteiger partial charge in [0.25, 0.3) is 0 Å². The highest BCUT2D eigenvalue weighted by Gasteiger charge is 2.36. The summed E-state index contributed by atoms with van der Waals surface area (Å²) in [6, 6.07) is 7.23. The smallest absolute Gasteiger partial charge is 0.0687 e. The van der Waals surface area contributed by atoms with Crippen molar-refractivity contribution in [3.63, 3.8) is 0 Å². The fraction of sp³-hybridized carbons (Fsp3) is 0.562. The summed E-state index contributed by atoms with van der Waals surface area (Å²) in [5.41, 5.74) is 2.53. The van der Waals surface area contributed by atoms with Crippen molar-refractivity contribution < 1.29 is 0 Å². The number of nitrogens with zero attached hydrogens (tertiary/aromatic N) is 4. The van der Waals surface area contributed by atoms with Gasteiger partial charge in [-0.3, -0.25) is 4.68 Å². The van der Waals surface area contributed by atoms with Crippen LogP contribution in [0.4, 0.5) is 5.69 Å². The first-order valence-electron chi connectivity index (χ1n) is 7.59. The second-order valence-corrected chi connectivity index (χ2v) is 6.43. The maximum Gasteiger partial charge on any atom is 0.0687 e. The number of rotatable bonds is 2. The van der Waals surface area contributed by atoms with E-state index in [0.29, 0.717) is 6.04 Å². The molecule has 0 saturated carbocycles. The van der Waals surface area contributed by atoms with E-state index in [9.17, 15) is 0 Å². The molecule has 3 aliphatic rings. The number of anilines is 1. The number of piperidine rings is 3. The lowest BCUT2D eigenvalue weighted by Crippen LogP contribution is -2.48. The van der Waals surface area contributed by atoms with Crippen LogP contribution in [-0.2, 0) is 0 Å². The third-order valence-electron chi connectivity index (χ3n) is 5.03. The summed E-state index contributed by atoms with van der Waals surface area (Å²) in [6.45, 7) is 3.74. The first kappa shape index (κ1) is 12.2. The minimum atomic E-state index is 0.570. The summed E-state index contributed by atoms with van der Waals surface area (Å²) in [6.07, 6.45) is 4.70. The number of fused-ring (bicyclic) bond motifs is 4. The number of hydrogen-bond acceptors (Lipinski definition) is 3. The first-order chi connectivity index (χ1) is 9.72. The lowest BCUT2D eigenvalue weighted by molar-refractivity contribution is 0.0534. The Balaban J connectivity index is 1.73. The number of aromatic nitrogens is 2. The lowest BCUT2D eigenvalue weighted by atomic mass is 9.84. The summed E-state index contributed by atoms with van der Waals surface area (Å²) < 4.78 is 2.28. The van der Waals surface area contributed by atoms with Crippen LogP contribution in [0.3, 0.4) is 0 Å². The summed E-state index contributed by atoms with van der Waals surface area (Å²) in [7, 11) is 4.16. The molecule has 0 spiro atoms. The highest BCUT2D eigenvalue weighted by molar-refractivity contribution is 5.82. The topological polar surface area (TPSA) is 24.3 Å². The predicted octanol–water partition coefficient (Wildman–Crippen LogP) is 2.37. The maximum atomic E-state index is 4.71. The molecule has 2 aromatic rings. The Morgan fingerprint density at radius 2 is 2.00 bits per heavy atom. The van der Waals surface area contributed by atoms with E-state index in [1.165, 1.54) is 49.1 Å². The molecule has 1 atom stereocenters. The first-order valence-corrected chi connectivity index (χ1v) is 7.59. The molecule has 0 radical (unpaired) electrons. The molecule has 0 unspecified atom stereocenters. The Hall–Kier alpha value is -1.55. The molecule has 4 nitrogen and oxygen atoms in total. The summed E-state index contributed by atoms with van der Waals surface area (Å²) >= 11 is 0. The quantitative estimate of drug-likeness (QED) is 0.837. The van der Waals surface area contributed by atoms with E-state index in [1.54, 1.807) is 0 Å². The van der Waals surface area contributed by atoms with Crippen molar-refractivity contribution in [2.45, 2.75) is 18.9 Å². The van der Waals surface area contributed by atoms with Gasteiger partial charge in [0.2, 0.25) is 0 Å². The summed E-state index contributed by atoms with van der Waals surface area (Å²) in [4.78, 5) is 4.73. The molecule has 3 aliphatic heterocycles. The molecule has 1 aromatic carbocycles. The normalized spacial score (nSPS) is 29.0. The Morgan fingerprint density at radius 3 is 2.65 bits per heavy atom. The Labute approximate surface area is 120 Å². The van der Waals surface area contributed by atoms with Crippen molar-refractivity contribution in [1.29, 1.82) is 0 Å². The van der Waals surface area contributed by atoms with E-state index in [1.807, 2.05) is 6.20 Å². The lowest BCUT2D eigenvalue weighted by Gasteiger charge is -2.44. The minimum Gasteiger partial charge on any atom is -0.378 e. The molecule has 2 bridgehead atoms. The largest absolute Gasteiger partial charge is 0.378 e. The van der Waals surface area contributed by atoms with Crippen molar-refractivity contribution in [2.24, 2.45) is 5.92 Å². The Kier molecular flexibility index (Phi) is 2.74. The van der Waals surface area contributed by atoms with Gasteiger partial charge in [-0.2, -0.15) is 5.10 Å². The molecule has 0 amide bonds. The van der Waals surface area contributed by atoms with Crippen molar-refractivity contribution in [2.75, 3.05) is 38.6 Å². The molecule has 1 aromatic heterocycles. The van der Waals surface area contributed by atoms with Crippen molar-refractivity contribution in [3.8, 4) is 0 Å². The molecule has 3 saturated heterocycles. The minimum absolute atomic E-state index is 0.570. The molecule has 3 fully saturated rings. The Morgan fingerprint density at radius 1 is 1.20 bits per heavy atom. The maximum absolute atomic E-state index is 4.71. The van der Waals surface area contributed by atoms with E-state index in [2.05, 4.69) is 46.8 Å². The van der Waals surface area contributed by atoms with Crippen LogP contribution in [-0.4, -0.2) is 48.4 Å². The van der Waals surface area contributed by atoms with Crippen LogP contribution >= 0.6 is 0 Å². The molecule has 106 valence electrons. The van der Waals surface area contributed by atoms with Gasteiger partial charge in [0.05, 0.1) is 17.8 Å². The SMILES string of the molecule is CN(C)c1ccc2c(cnn2[C@@H]2CN3CCC2CC3)c1. The standard InChI is InChI=1S/C16H22N4/c1-18(2)14-3-4-15-13(9-14)10-17-20(15)16-11-19-7-5-12(16)6-8-19/h3-4,9-10,12,16H,5-8,11H2,1-2H3/t16-/m1/s1. The van der Waals surface area contributed by atoms with E-state index < -0.39 is 0 Å². The molecule has 0 aliphatic carbocycles. The van der Waals surface area contributed by atoms with Crippen LogP contribution in [0.2, 0.25) is 0 Å². The van der Waals surface area contributed by atoms with Gasteiger partial charge in [-0.15, -0.1) is 0 Å². The van der Waals surface area contributed by atoms with Gasteiger partial charge in [0, 0.05) is 31.7 Å². The van der Waals surface area contributed by atoms with Crippen LogP contribution in [0.1, 0.15) is 18.9 Å². The van der Waals surface area contributed by atoms with Crippen molar-refractivity contribution in [1.82, 2.24) is 14.7 Å². The molecular weight excluding hydrogens is 248 g/mol. The van der Waals surface area contributed by atoms with Crippen molar-refractivity contribution in [3.05, 3.63) is 24.4 Å². The van der Waals surface area contributed by atoms with Gasteiger partial charge >= 0.3 is 0 Å². The van der Waals surface area contributed by atoms with E-state index in [0.717, 1.165) is 5.92 Å². The van der Waals surface area contributed by atoms with E-state index in [-0.39, 0.29) is 0 Å². The van der Waals surface area contributed by atoms with Gasteiger partial charge in [0.15, 0.2) is 0 Å². The second kappa shape index (κ2) is 4.48. The molecule has 4 heterocycles. The zero-order valence-corrected chi connectivity index (χ0v) is 12.3. The molecule has 5 rings (SSSR count). The second-order valence-electron chi connectivity index (χ2n) is 6.43. The van der Waals surface area contributed by atoms with Crippen molar-refractivity contribution >= 4 is 16.6 Å². The fourth-order valence-electron chi connectivity index (χ4n) is 3.79. The zero-order valence-electron chi connectivity index (χ0n) is 12.3. The fourth-order valence-corrected chi connectivity index (χ4v) is 3.79. The zero-order chi connectivity index (χ0) is 13.7.